The van der Waals surface area contributed by atoms with Crippen molar-refractivity contribution in [2.45, 2.75) is 32.7 Å². The summed E-state index contributed by atoms with van der Waals surface area (Å²) in [7, 11) is 0. The van der Waals surface area contributed by atoms with Gasteiger partial charge < -0.3 is 4.90 Å². The number of piperazine rings is 1. The fraction of sp³-hybridized carbons (Fsp3) is 0.474. The van der Waals surface area contributed by atoms with Crippen molar-refractivity contribution in [2.24, 2.45) is 0 Å². The predicted octanol–water partition coefficient (Wildman–Crippen LogP) is 3.31. The quantitative estimate of drug-likeness (QED) is 0.593. The van der Waals surface area contributed by atoms with Gasteiger partial charge in [0.15, 0.2) is 0 Å². The largest absolute Gasteiger partial charge is 0.335 e. The number of thiazole rings is 1. The highest BCUT2D eigenvalue weighted by molar-refractivity contribution is 7.13. The minimum Gasteiger partial charge on any atom is -0.335 e. The maximum Gasteiger partial charge on any atom is 0.269 e. The molecule has 0 atom stereocenters. The third-order valence-corrected chi connectivity index (χ3v) is 5.96. The van der Waals surface area contributed by atoms with Crippen molar-refractivity contribution in [3.63, 3.8) is 0 Å². The highest BCUT2D eigenvalue weighted by atomic mass is 32.1. The molecule has 2 aromatic rings. The third-order valence-electron chi connectivity index (χ3n) is 4.55. The molecule has 3 rings (SSSR count). The topological polar surface area (TPSA) is 79.6 Å². The highest BCUT2D eigenvalue weighted by Crippen LogP contribution is 2.27. The minimum absolute atomic E-state index is 0.0398. The number of carbonyl (C=O) groups excluding carboxylic acids is 1. The van der Waals surface area contributed by atoms with Gasteiger partial charge in [-0.1, -0.05) is 32.9 Å². The first-order chi connectivity index (χ1) is 12.7. The van der Waals surface area contributed by atoms with E-state index in [1.54, 1.807) is 18.3 Å². The Labute approximate surface area is 162 Å². The molecule has 0 radical (unpaired) electrons. The van der Waals surface area contributed by atoms with Gasteiger partial charge in [0.25, 0.3) is 11.6 Å². The van der Waals surface area contributed by atoms with Crippen LogP contribution in [-0.4, -0.2) is 51.8 Å². The van der Waals surface area contributed by atoms with Crippen molar-refractivity contribution >= 4 is 22.9 Å². The van der Waals surface area contributed by atoms with Gasteiger partial charge in [-0.15, -0.1) is 11.3 Å². The van der Waals surface area contributed by atoms with Gasteiger partial charge in [0.2, 0.25) is 0 Å². The van der Waals surface area contributed by atoms with Gasteiger partial charge >= 0.3 is 0 Å². The summed E-state index contributed by atoms with van der Waals surface area (Å²) in [4.78, 5) is 32.4. The van der Waals surface area contributed by atoms with Crippen molar-refractivity contribution < 1.29 is 9.72 Å². The first kappa shape index (κ1) is 19.4. The zero-order valence-corrected chi connectivity index (χ0v) is 16.7. The van der Waals surface area contributed by atoms with Gasteiger partial charge in [0, 0.05) is 50.3 Å². The van der Waals surface area contributed by atoms with Crippen LogP contribution in [0.25, 0.3) is 0 Å². The first-order valence-corrected chi connectivity index (χ1v) is 9.77. The number of nitro benzene ring substituents is 1. The molecule has 0 bridgehead atoms. The number of aromatic nitrogens is 1. The summed E-state index contributed by atoms with van der Waals surface area (Å²) >= 11 is 1.47. The van der Waals surface area contributed by atoms with Gasteiger partial charge in [-0.3, -0.25) is 19.8 Å². The lowest BCUT2D eigenvalue weighted by Crippen LogP contribution is -2.48. The summed E-state index contributed by atoms with van der Waals surface area (Å²) in [5.74, 6) is 0.0398. The second-order valence-electron chi connectivity index (χ2n) is 7.78. The molecule has 8 heteroatoms. The van der Waals surface area contributed by atoms with Crippen LogP contribution in [0.2, 0.25) is 0 Å². The molecule has 2 heterocycles. The van der Waals surface area contributed by atoms with Crippen LogP contribution in [0, 0.1) is 10.1 Å². The molecular weight excluding hydrogens is 364 g/mol. The average Bonchev–Trinajstić information content (AvgIpc) is 3.12. The molecule has 7 nitrogen and oxygen atoms in total. The SMILES string of the molecule is CC(C)(C)c1ncc(C(=O)N2CCN(Cc3cccc([N+](=O)[O-])c3)CC2)s1. The van der Waals surface area contributed by atoms with E-state index in [1.165, 1.54) is 17.4 Å². The van der Waals surface area contributed by atoms with Crippen LogP contribution in [0.15, 0.2) is 30.5 Å². The number of hydrogen-bond donors (Lipinski definition) is 0. The number of nitrogens with zero attached hydrogens (tertiary/aromatic N) is 4. The fourth-order valence-electron chi connectivity index (χ4n) is 3.01. The van der Waals surface area contributed by atoms with Crippen molar-refractivity contribution in [3.8, 4) is 0 Å². The first-order valence-electron chi connectivity index (χ1n) is 8.95. The summed E-state index contributed by atoms with van der Waals surface area (Å²) in [6.07, 6.45) is 1.68. The van der Waals surface area contributed by atoms with Gasteiger partial charge in [0.1, 0.15) is 4.88 Å². The molecule has 0 saturated carbocycles. The molecule has 1 aromatic carbocycles. The summed E-state index contributed by atoms with van der Waals surface area (Å²) in [5.41, 5.74) is 0.975. The van der Waals surface area contributed by atoms with E-state index < -0.39 is 0 Å². The van der Waals surface area contributed by atoms with Crippen LogP contribution in [0.4, 0.5) is 5.69 Å². The Morgan fingerprint density at radius 2 is 1.96 bits per heavy atom. The number of benzene rings is 1. The lowest BCUT2D eigenvalue weighted by Gasteiger charge is -2.34. The van der Waals surface area contributed by atoms with E-state index in [2.05, 4.69) is 30.7 Å². The van der Waals surface area contributed by atoms with Crippen molar-refractivity contribution in [2.75, 3.05) is 26.2 Å². The van der Waals surface area contributed by atoms with Crippen molar-refractivity contribution in [3.05, 3.63) is 56.0 Å². The maximum absolute atomic E-state index is 12.7. The summed E-state index contributed by atoms with van der Waals surface area (Å²) in [6, 6.07) is 6.73. The van der Waals surface area contributed by atoms with E-state index in [-0.39, 0.29) is 21.9 Å². The molecule has 1 fully saturated rings. The monoisotopic (exact) mass is 388 g/mol. The van der Waals surface area contributed by atoms with Crippen LogP contribution >= 0.6 is 11.3 Å². The number of hydrogen-bond acceptors (Lipinski definition) is 6. The van der Waals surface area contributed by atoms with Gasteiger partial charge in [-0.2, -0.15) is 0 Å². The van der Waals surface area contributed by atoms with Gasteiger partial charge in [-0.05, 0) is 5.56 Å². The van der Waals surface area contributed by atoms with E-state index in [1.807, 2.05) is 11.0 Å². The molecule has 0 N–H and O–H groups in total. The summed E-state index contributed by atoms with van der Waals surface area (Å²) in [6.45, 7) is 9.72. The zero-order valence-electron chi connectivity index (χ0n) is 15.8. The van der Waals surface area contributed by atoms with E-state index in [4.69, 9.17) is 0 Å². The zero-order chi connectivity index (χ0) is 19.6. The van der Waals surface area contributed by atoms with Crippen LogP contribution in [0.5, 0.6) is 0 Å². The lowest BCUT2D eigenvalue weighted by atomic mass is 9.98. The number of rotatable bonds is 4. The van der Waals surface area contributed by atoms with Crippen LogP contribution in [0.3, 0.4) is 0 Å². The van der Waals surface area contributed by atoms with E-state index in [0.717, 1.165) is 23.7 Å². The Hall–Kier alpha value is -2.32. The van der Waals surface area contributed by atoms with Crippen LogP contribution < -0.4 is 0 Å². The molecule has 1 amide bonds. The third kappa shape index (κ3) is 4.70. The number of carbonyl (C=O) groups is 1. The molecule has 0 aliphatic carbocycles. The molecule has 0 unspecified atom stereocenters. The van der Waals surface area contributed by atoms with Crippen molar-refractivity contribution in [1.29, 1.82) is 0 Å². The molecule has 1 aliphatic heterocycles. The molecule has 1 aromatic heterocycles. The lowest BCUT2D eigenvalue weighted by molar-refractivity contribution is -0.384. The van der Waals surface area contributed by atoms with E-state index in [9.17, 15) is 14.9 Å². The minimum atomic E-state index is -0.374. The fourth-order valence-corrected chi connectivity index (χ4v) is 3.95. The smallest absolute Gasteiger partial charge is 0.269 e. The molecule has 1 saturated heterocycles. The van der Waals surface area contributed by atoms with Crippen LogP contribution in [-0.2, 0) is 12.0 Å². The standard InChI is InChI=1S/C19H24N4O3S/c1-19(2,3)18-20-12-16(27-18)17(24)22-9-7-21(8-10-22)13-14-5-4-6-15(11-14)23(25)26/h4-6,11-12H,7-10,13H2,1-3H3. The maximum atomic E-state index is 12.7. The highest BCUT2D eigenvalue weighted by Gasteiger charge is 2.26. The number of amides is 1. The number of nitro groups is 1. The Morgan fingerprint density at radius 1 is 1.26 bits per heavy atom. The molecule has 1 aliphatic rings. The molecule has 144 valence electrons. The summed E-state index contributed by atoms with van der Waals surface area (Å²) in [5, 5.41) is 11.9. The van der Waals surface area contributed by atoms with E-state index in [0.29, 0.717) is 24.5 Å². The Morgan fingerprint density at radius 3 is 2.56 bits per heavy atom. The van der Waals surface area contributed by atoms with Gasteiger partial charge in [0.05, 0.1) is 16.1 Å². The molecule has 0 spiro atoms. The van der Waals surface area contributed by atoms with Crippen LogP contribution in [0.1, 0.15) is 41.0 Å². The van der Waals surface area contributed by atoms with Gasteiger partial charge in [-0.25, -0.2) is 4.98 Å². The normalized spacial score (nSPS) is 15.7. The average molecular weight is 388 g/mol. The second-order valence-corrected chi connectivity index (χ2v) is 8.81. The van der Waals surface area contributed by atoms with Crippen molar-refractivity contribution in [1.82, 2.24) is 14.8 Å². The Balaban J connectivity index is 1.57. The second kappa shape index (κ2) is 7.74. The van der Waals surface area contributed by atoms with E-state index >= 15 is 0 Å². The predicted molar refractivity (Wildman–Crippen MR) is 105 cm³/mol. The Kier molecular flexibility index (Phi) is 5.57. The molecule has 27 heavy (non-hydrogen) atoms. The molecular formula is C19H24N4O3S. The summed E-state index contributed by atoms with van der Waals surface area (Å²) < 4.78 is 0. The Bertz CT molecular complexity index is 835. The number of non-ortho nitro benzene ring substituents is 1.